The second kappa shape index (κ2) is 8.46. The fourth-order valence-corrected chi connectivity index (χ4v) is 4.74. The van der Waals surface area contributed by atoms with E-state index in [9.17, 15) is 0 Å². The van der Waals surface area contributed by atoms with Gasteiger partial charge in [-0.05, 0) is 16.8 Å². The van der Waals surface area contributed by atoms with Crippen LogP contribution in [-0.2, 0) is 4.43 Å². The van der Waals surface area contributed by atoms with E-state index in [1.165, 1.54) is 10.4 Å². The molecular formula is C19H22OSi. The molecule has 1 unspecified atom stereocenters. The van der Waals surface area contributed by atoms with Crippen LogP contribution in [0.25, 0.3) is 0 Å². The van der Waals surface area contributed by atoms with Gasteiger partial charge in [0.1, 0.15) is 6.10 Å². The third-order valence-corrected chi connectivity index (χ3v) is 6.09. The number of hydrogen-bond acceptors (Lipinski definition) is 1. The molecule has 0 radical (unpaired) electrons. The molecule has 2 heteroatoms. The summed E-state index contributed by atoms with van der Waals surface area (Å²) in [7, 11) is -1.71. The maximum absolute atomic E-state index is 6.38. The lowest BCUT2D eigenvalue weighted by Crippen LogP contribution is -2.47. The molecule has 0 aliphatic heterocycles. The molecule has 0 aliphatic rings. The number of hydrogen-bond donors (Lipinski definition) is 0. The molecule has 0 amide bonds. The third kappa shape index (κ3) is 4.59. The number of unbranched alkanes of at least 4 members (excludes halogenated alkanes) is 1. The topological polar surface area (TPSA) is 9.23 Å². The summed E-state index contributed by atoms with van der Waals surface area (Å²) in [4.78, 5) is 0. The van der Waals surface area contributed by atoms with Crippen molar-refractivity contribution in [1.82, 2.24) is 0 Å². The van der Waals surface area contributed by atoms with Crippen molar-refractivity contribution >= 4 is 19.4 Å². The minimum Gasteiger partial charge on any atom is -0.397 e. The van der Waals surface area contributed by atoms with Crippen molar-refractivity contribution in [3.8, 4) is 12.3 Å². The average molecular weight is 294 g/mol. The molecule has 0 saturated carbocycles. The Bertz CT molecular complexity index is 520. The summed E-state index contributed by atoms with van der Waals surface area (Å²) < 4.78 is 6.38. The summed E-state index contributed by atoms with van der Waals surface area (Å²) in [5.41, 5.74) is 0. The molecule has 2 aromatic carbocycles. The Labute approximate surface area is 129 Å². The van der Waals surface area contributed by atoms with E-state index in [0.29, 0.717) is 0 Å². The fraction of sp³-hybridized carbons (Fsp3) is 0.263. The first kappa shape index (κ1) is 15.6. The second-order valence-electron chi connectivity index (χ2n) is 5.14. The summed E-state index contributed by atoms with van der Waals surface area (Å²) >= 11 is 0. The predicted octanol–water partition coefficient (Wildman–Crippen LogP) is 2.73. The molecule has 0 fully saturated rings. The minimum absolute atomic E-state index is 0.0815. The molecule has 0 spiro atoms. The zero-order valence-electron chi connectivity index (χ0n) is 12.5. The Kier molecular flexibility index (Phi) is 6.27. The van der Waals surface area contributed by atoms with Gasteiger partial charge < -0.3 is 4.43 Å². The van der Waals surface area contributed by atoms with Gasteiger partial charge in [0.25, 0.3) is 0 Å². The van der Waals surface area contributed by atoms with Gasteiger partial charge in [0.05, 0.1) is 0 Å². The van der Waals surface area contributed by atoms with Crippen LogP contribution in [0.2, 0.25) is 0 Å². The van der Waals surface area contributed by atoms with Crippen molar-refractivity contribution < 1.29 is 4.43 Å². The highest BCUT2D eigenvalue weighted by atomic mass is 28.3. The quantitative estimate of drug-likeness (QED) is 0.563. The highest BCUT2D eigenvalue weighted by Gasteiger charge is 2.20. The van der Waals surface area contributed by atoms with Gasteiger partial charge in [-0.1, -0.05) is 86.3 Å². The first-order valence-corrected chi connectivity index (χ1v) is 9.19. The number of terminal acetylenes is 1. The zero-order chi connectivity index (χ0) is 14.9. The van der Waals surface area contributed by atoms with Gasteiger partial charge in [-0.25, -0.2) is 0 Å². The first-order valence-electron chi connectivity index (χ1n) is 7.56. The van der Waals surface area contributed by atoms with Crippen molar-refractivity contribution in [3.05, 3.63) is 60.7 Å². The van der Waals surface area contributed by atoms with Gasteiger partial charge in [0, 0.05) is 0 Å². The molecule has 0 heterocycles. The third-order valence-electron chi connectivity index (χ3n) is 3.51. The molecule has 0 N–H and O–H groups in total. The number of benzene rings is 2. The molecule has 108 valence electrons. The van der Waals surface area contributed by atoms with Crippen molar-refractivity contribution in [2.75, 3.05) is 0 Å². The molecule has 1 atom stereocenters. The molecule has 1 nitrogen and oxygen atoms in total. The zero-order valence-corrected chi connectivity index (χ0v) is 13.7. The van der Waals surface area contributed by atoms with E-state index in [4.69, 9.17) is 10.8 Å². The smallest absolute Gasteiger partial charge is 0.241 e. The Balaban J connectivity index is 2.23. The molecular weight excluding hydrogens is 272 g/mol. The van der Waals surface area contributed by atoms with Crippen LogP contribution < -0.4 is 10.4 Å². The van der Waals surface area contributed by atoms with Gasteiger partial charge in [-0.15, -0.1) is 6.42 Å². The molecule has 0 aromatic heterocycles. The van der Waals surface area contributed by atoms with E-state index in [1.807, 2.05) is 12.1 Å². The minimum atomic E-state index is -1.71. The molecule has 2 aromatic rings. The average Bonchev–Trinajstić information content (AvgIpc) is 2.57. The Hall–Kier alpha value is -1.82. The molecule has 0 aliphatic carbocycles. The number of rotatable bonds is 7. The van der Waals surface area contributed by atoms with Gasteiger partial charge in [0.2, 0.25) is 9.04 Å². The Morgan fingerprint density at radius 2 is 1.52 bits per heavy atom. The Morgan fingerprint density at radius 1 is 1.00 bits per heavy atom. The van der Waals surface area contributed by atoms with Crippen molar-refractivity contribution in [3.63, 3.8) is 0 Å². The van der Waals surface area contributed by atoms with Crippen LogP contribution in [0.15, 0.2) is 60.7 Å². The van der Waals surface area contributed by atoms with E-state index in [2.05, 4.69) is 61.4 Å². The van der Waals surface area contributed by atoms with Crippen LogP contribution in [0.4, 0.5) is 0 Å². The lowest BCUT2D eigenvalue weighted by atomic mass is 10.2. The largest absolute Gasteiger partial charge is 0.397 e. The van der Waals surface area contributed by atoms with Crippen molar-refractivity contribution in [2.24, 2.45) is 0 Å². The van der Waals surface area contributed by atoms with Crippen LogP contribution in [-0.4, -0.2) is 15.1 Å². The molecule has 21 heavy (non-hydrogen) atoms. The second-order valence-corrected chi connectivity index (χ2v) is 7.50. The highest BCUT2D eigenvalue weighted by Crippen LogP contribution is 2.06. The normalized spacial score (nSPS) is 12.0. The van der Waals surface area contributed by atoms with Crippen LogP contribution >= 0.6 is 0 Å². The van der Waals surface area contributed by atoms with Crippen LogP contribution in [0.1, 0.15) is 26.2 Å². The summed E-state index contributed by atoms with van der Waals surface area (Å²) in [5, 5.41) is 2.56. The molecule has 2 rings (SSSR count). The maximum atomic E-state index is 6.38. The summed E-state index contributed by atoms with van der Waals surface area (Å²) in [5.74, 6) is 2.82. The van der Waals surface area contributed by atoms with Crippen LogP contribution in [0, 0.1) is 12.3 Å². The lowest BCUT2D eigenvalue weighted by Gasteiger charge is -2.21. The SMILES string of the molecule is C#CC(CCCC)O[SiH](c1ccccc1)c1ccccc1. The van der Waals surface area contributed by atoms with Gasteiger partial charge in [-0.2, -0.15) is 0 Å². The summed E-state index contributed by atoms with van der Waals surface area (Å²) in [6.07, 6.45) is 8.78. The first-order chi connectivity index (χ1) is 10.3. The van der Waals surface area contributed by atoms with Crippen molar-refractivity contribution in [2.45, 2.75) is 32.3 Å². The van der Waals surface area contributed by atoms with Gasteiger partial charge in [0.15, 0.2) is 0 Å². The van der Waals surface area contributed by atoms with Crippen LogP contribution in [0.5, 0.6) is 0 Å². The fourth-order valence-electron chi connectivity index (χ4n) is 2.35. The highest BCUT2D eigenvalue weighted by molar-refractivity contribution is 6.80. The monoisotopic (exact) mass is 294 g/mol. The van der Waals surface area contributed by atoms with Gasteiger partial charge in [-0.3, -0.25) is 0 Å². The van der Waals surface area contributed by atoms with E-state index >= 15 is 0 Å². The summed E-state index contributed by atoms with van der Waals surface area (Å²) in [6, 6.07) is 20.9. The summed E-state index contributed by atoms with van der Waals surface area (Å²) in [6.45, 7) is 2.18. The molecule has 0 bridgehead atoms. The molecule has 0 saturated heterocycles. The standard InChI is InChI=1S/C19H22OSi/c1-3-5-12-17(4-2)20-21(18-13-8-6-9-14-18)19-15-10-7-11-16-19/h2,6-11,13-17,21H,3,5,12H2,1H3. The Morgan fingerprint density at radius 3 is 1.95 bits per heavy atom. The van der Waals surface area contributed by atoms with E-state index in [1.54, 1.807) is 0 Å². The van der Waals surface area contributed by atoms with E-state index in [0.717, 1.165) is 19.3 Å². The van der Waals surface area contributed by atoms with Gasteiger partial charge >= 0.3 is 0 Å². The van der Waals surface area contributed by atoms with E-state index < -0.39 is 9.04 Å². The maximum Gasteiger partial charge on any atom is 0.241 e. The lowest BCUT2D eigenvalue weighted by molar-refractivity contribution is 0.254. The van der Waals surface area contributed by atoms with E-state index in [-0.39, 0.29) is 6.10 Å². The predicted molar refractivity (Wildman–Crippen MR) is 92.5 cm³/mol. The van der Waals surface area contributed by atoms with Crippen LogP contribution in [0.3, 0.4) is 0 Å². The van der Waals surface area contributed by atoms with Crippen molar-refractivity contribution in [1.29, 1.82) is 0 Å².